The second kappa shape index (κ2) is 4.28. The molecule has 14 heavy (non-hydrogen) atoms. The van der Waals surface area contributed by atoms with E-state index in [1.807, 2.05) is 0 Å². The molecule has 4 nitrogen and oxygen atoms in total. The molecule has 0 spiro atoms. The number of piperidine rings is 1. The summed E-state index contributed by atoms with van der Waals surface area (Å²) < 4.78 is 4.94. The lowest BCUT2D eigenvalue weighted by molar-refractivity contribution is -0.121. The van der Waals surface area contributed by atoms with E-state index in [2.05, 4.69) is 0 Å². The number of hydrogen-bond acceptors (Lipinski definition) is 4. The molecule has 1 saturated heterocycles. The molecule has 0 N–H and O–H groups in total. The van der Waals surface area contributed by atoms with Crippen molar-refractivity contribution in [3.8, 4) is 0 Å². The van der Waals surface area contributed by atoms with E-state index in [9.17, 15) is 4.79 Å². The lowest BCUT2D eigenvalue weighted by atomic mass is 10.2. The summed E-state index contributed by atoms with van der Waals surface area (Å²) in [7, 11) is 0. The Hall–Kier alpha value is -1.29. The van der Waals surface area contributed by atoms with E-state index < -0.39 is 5.97 Å². The van der Waals surface area contributed by atoms with Gasteiger partial charge in [-0.25, -0.2) is 4.79 Å². The standard InChI is InChI=1S/C10H13NO3/c12-10(9-5-4-8-13-9)14-11-6-2-1-3-7-11/h4-5,8H,1-3,6-7H2. The lowest BCUT2D eigenvalue weighted by Gasteiger charge is -2.24. The van der Waals surface area contributed by atoms with Crippen LogP contribution >= 0.6 is 0 Å². The van der Waals surface area contributed by atoms with Gasteiger partial charge in [-0.05, 0) is 25.0 Å². The molecule has 1 fully saturated rings. The van der Waals surface area contributed by atoms with E-state index in [0.717, 1.165) is 25.9 Å². The summed E-state index contributed by atoms with van der Waals surface area (Å²) in [6.45, 7) is 1.65. The Balaban J connectivity index is 1.87. The van der Waals surface area contributed by atoms with Crippen molar-refractivity contribution in [3.63, 3.8) is 0 Å². The van der Waals surface area contributed by atoms with Crippen molar-refractivity contribution in [1.29, 1.82) is 0 Å². The molecule has 0 atom stereocenters. The van der Waals surface area contributed by atoms with E-state index in [1.54, 1.807) is 17.2 Å². The highest BCUT2D eigenvalue weighted by Gasteiger charge is 2.17. The van der Waals surface area contributed by atoms with Crippen molar-refractivity contribution in [2.24, 2.45) is 0 Å². The average molecular weight is 195 g/mol. The zero-order valence-corrected chi connectivity index (χ0v) is 7.94. The summed E-state index contributed by atoms with van der Waals surface area (Å²) in [5, 5.41) is 1.70. The van der Waals surface area contributed by atoms with Gasteiger partial charge in [-0.3, -0.25) is 0 Å². The summed E-state index contributed by atoms with van der Waals surface area (Å²) in [5.74, 6) is -0.146. The van der Waals surface area contributed by atoms with Crippen LogP contribution in [0.2, 0.25) is 0 Å². The van der Waals surface area contributed by atoms with Crippen molar-refractivity contribution < 1.29 is 14.0 Å². The van der Waals surface area contributed by atoms with Crippen LogP contribution in [0.5, 0.6) is 0 Å². The Morgan fingerprint density at radius 1 is 1.36 bits per heavy atom. The summed E-state index contributed by atoms with van der Waals surface area (Å²) >= 11 is 0. The second-order valence-electron chi connectivity index (χ2n) is 3.35. The van der Waals surface area contributed by atoms with Gasteiger partial charge in [-0.1, -0.05) is 6.42 Å². The number of hydrogen-bond donors (Lipinski definition) is 0. The summed E-state index contributed by atoms with van der Waals surface area (Å²) in [4.78, 5) is 16.6. The molecule has 2 rings (SSSR count). The Kier molecular flexibility index (Phi) is 2.84. The molecular weight excluding hydrogens is 182 g/mol. The minimum atomic E-state index is -0.406. The van der Waals surface area contributed by atoms with Crippen molar-refractivity contribution >= 4 is 5.97 Å². The number of carbonyl (C=O) groups excluding carboxylic acids is 1. The summed E-state index contributed by atoms with van der Waals surface area (Å²) in [5.41, 5.74) is 0. The number of hydroxylamine groups is 2. The molecule has 1 aromatic rings. The molecule has 0 unspecified atom stereocenters. The van der Waals surface area contributed by atoms with Crippen LogP contribution in [-0.2, 0) is 4.84 Å². The van der Waals surface area contributed by atoms with Gasteiger partial charge < -0.3 is 9.25 Å². The molecule has 0 bridgehead atoms. The molecule has 0 aliphatic carbocycles. The topological polar surface area (TPSA) is 42.7 Å². The zero-order chi connectivity index (χ0) is 9.80. The van der Waals surface area contributed by atoms with Gasteiger partial charge in [-0.15, -0.1) is 5.06 Å². The predicted molar refractivity (Wildman–Crippen MR) is 49.5 cm³/mol. The summed E-state index contributed by atoms with van der Waals surface area (Å²) in [6, 6.07) is 3.28. The monoisotopic (exact) mass is 195 g/mol. The Bertz CT molecular complexity index is 288. The smallest absolute Gasteiger partial charge is 0.393 e. The Labute approximate surface area is 82.4 Å². The molecule has 0 radical (unpaired) electrons. The predicted octanol–water partition coefficient (Wildman–Crippen LogP) is 1.84. The number of rotatable bonds is 2. The molecule has 0 aromatic carbocycles. The van der Waals surface area contributed by atoms with Crippen LogP contribution in [0.15, 0.2) is 22.8 Å². The molecule has 2 heterocycles. The molecule has 1 aromatic heterocycles. The third-order valence-electron chi connectivity index (χ3n) is 2.25. The van der Waals surface area contributed by atoms with Crippen molar-refractivity contribution in [3.05, 3.63) is 24.2 Å². The second-order valence-corrected chi connectivity index (χ2v) is 3.35. The highest BCUT2D eigenvalue weighted by molar-refractivity contribution is 5.85. The van der Waals surface area contributed by atoms with E-state index in [1.165, 1.54) is 12.7 Å². The first kappa shape index (κ1) is 9.27. The van der Waals surface area contributed by atoms with Crippen LogP contribution < -0.4 is 0 Å². The summed E-state index contributed by atoms with van der Waals surface area (Å²) in [6.07, 6.45) is 4.86. The van der Waals surface area contributed by atoms with Crippen LogP contribution in [0.4, 0.5) is 0 Å². The minimum absolute atomic E-state index is 0.260. The third-order valence-corrected chi connectivity index (χ3v) is 2.25. The number of furan rings is 1. The maximum atomic E-state index is 11.4. The fraction of sp³-hybridized carbons (Fsp3) is 0.500. The van der Waals surface area contributed by atoms with Gasteiger partial charge in [0.15, 0.2) is 0 Å². The molecule has 76 valence electrons. The first-order chi connectivity index (χ1) is 6.86. The van der Waals surface area contributed by atoms with Crippen molar-refractivity contribution in [2.45, 2.75) is 19.3 Å². The van der Waals surface area contributed by atoms with Gasteiger partial charge in [0.2, 0.25) is 5.76 Å². The van der Waals surface area contributed by atoms with Crippen LogP contribution in [0.1, 0.15) is 29.8 Å². The van der Waals surface area contributed by atoms with Crippen LogP contribution in [-0.4, -0.2) is 24.1 Å². The third kappa shape index (κ3) is 2.14. The van der Waals surface area contributed by atoms with Crippen LogP contribution in [0.25, 0.3) is 0 Å². The molecule has 1 aliphatic rings. The quantitative estimate of drug-likeness (QED) is 0.722. The number of nitrogens with zero attached hydrogens (tertiary/aromatic N) is 1. The fourth-order valence-corrected chi connectivity index (χ4v) is 1.51. The molecule has 4 heteroatoms. The highest BCUT2D eigenvalue weighted by Crippen LogP contribution is 2.11. The average Bonchev–Trinajstić information content (AvgIpc) is 2.72. The highest BCUT2D eigenvalue weighted by atomic mass is 16.7. The largest absolute Gasteiger partial charge is 0.457 e. The van der Waals surface area contributed by atoms with Crippen molar-refractivity contribution in [2.75, 3.05) is 13.1 Å². The van der Waals surface area contributed by atoms with Crippen LogP contribution in [0, 0.1) is 0 Å². The SMILES string of the molecule is O=C(ON1CCCCC1)c1ccco1. The van der Waals surface area contributed by atoms with Crippen LogP contribution in [0.3, 0.4) is 0 Å². The van der Waals surface area contributed by atoms with E-state index in [0.29, 0.717) is 0 Å². The molecule has 1 aliphatic heterocycles. The Morgan fingerprint density at radius 2 is 2.14 bits per heavy atom. The maximum absolute atomic E-state index is 11.4. The van der Waals surface area contributed by atoms with Gasteiger partial charge in [0.05, 0.1) is 6.26 Å². The first-order valence-corrected chi connectivity index (χ1v) is 4.87. The van der Waals surface area contributed by atoms with Gasteiger partial charge in [0.1, 0.15) is 0 Å². The van der Waals surface area contributed by atoms with E-state index >= 15 is 0 Å². The number of carbonyl (C=O) groups is 1. The molecule has 0 amide bonds. The van der Waals surface area contributed by atoms with Gasteiger partial charge >= 0.3 is 5.97 Å². The normalized spacial score (nSPS) is 18.0. The zero-order valence-electron chi connectivity index (χ0n) is 7.94. The lowest BCUT2D eigenvalue weighted by Crippen LogP contribution is -2.32. The van der Waals surface area contributed by atoms with E-state index in [-0.39, 0.29) is 5.76 Å². The molecule has 0 saturated carbocycles. The first-order valence-electron chi connectivity index (χ1n) is 4.87. The molecular formula is C10H13NO3. The van der Waals surface area contributed by atoms with Crippen molar-refractivity contribution in [1.82, 2.24) is 5.06 Å². The Morgan fingerprint density at radius 3 is 2.79 bits per heavy atom. The maximum Gasteiger partial charge on any atom is 0.393 e. The van der Waals surface area contributed by atoms with Gasteiger partial charge in [-0.2, -0.15) is 0 Å². The van der Waals surface area contributed by atoms with E-state index in [4.69, 9.17) is 9.25 Å². The minimum Gasteiger partial charge on any atom is -0.457 e. The van der Waals surface area contributed by atoms with Gasteiger partial charge in [0.25, 0.3) is 0 Å². The fourth-order valence-electron chi connectivity index (χ4n) is 1.51. The van der Waals surface area contributed by atoms with Gasteiger partial charge in [0, 0.05) is 13.1 Å².